The zero-order chi connectivity index (χ0) is 30.6. The summed E-state index contributed by atoms with van der Waals surface area (Å²) in [5.41, 5.74) is 2.69. The standard InChI is InChI=1S/C33H38N4O6/c1-5-37(6-2)17-10-18-42-29-19-25-26(20-28(29)40-3)34-22-35-33(25)36-31-24(14-16-30(38)39)13-15-27(32(31)41-4)43-21-23-11-8-7-9-12-23/h7-9,11-16,19-20,22H,5-6,10,17-18,21H2,1-4H3,(H,38,39)(H,34,35,36)/b16-14+. The molecule has 2 N–H and O–H groups in total. The van der Waals surface area contributed by atoms with Crippen molar-refractivity contribution in [1.29, 1.82) is 0 Å². The first-order valence-electron chi connectivity index (χ1n) is 14.2. The zero-order valence-corrected chi connectivity index (χ0v) is 25.0. The van der Waals surface area contributed by atoms with E-state index in [4.69, 9.17) is 18.9 Å². The topological polar surface area (TPSA) is 115 Å². The summed E-state index contributed by atoms with van der Waals surface area (Å²) in [6.07, 6.45) is 4.87. The van der Waals surface area contributed by atoms with E-state index >= 15 is 0 Å². The lowest BCUT2D eigenvalue weighted by Gasteiger charge is -2.19. The van der Waals surface area contributed by atoms with Crippen LogP contribution in [0.1, 0.15) is 31.4 Å². The summed E-state index contributed by atoms with van der Waals surface area (Å²) in [4.78, 5) is 22.7. The first-order valence-corrected chi connectivity index (χ1v) is 14.2. The van der Waals surface area contributed by atoms with Crippen molar-refractivity contribution in [2.24, 2.45) is 0 Å². The largest absolute Gasteiger partial charge is 0.493 e. The molecule has 0 saturated carbocycles. The fourth-order valence-corrected chi connectivity index (χ4v) is 4.62. The van der Waals surface area contributed by atoms with Crippen LogP contribution in [0, 0.1) is 0 Å². The molecule has 1 heterocycles. The van der Waals surface area contributed by atoms with Gasteiger partial charge in [0.25, 0.3) is 0 Å². The van der Waals surface area contributed by atoms with Gasteiger partial charge in [-0.15, -0.1) is 0 Å². The van der Waals surface area contributed by atoms with Crippen LogP contribution in [0.5, 0.6) is 23.0 Å². The molecule has 10 heteroatoms. The Balaban J connectivity index is 1.70. The number of fused-ring (bicyclic) bond motifs is 1. The van der Waals surface area contributed by atoms with Gasteiger partial charge in [0.15, 0.2) is 23.0 Å². The van der Waals surface area contributed by atoms with Gasteiger partial charge in [-0.05, 0) is 49.3 Å². The minimum atomic E-state index is -1.07. The minimum absolute atomic E-state index is 0.326. The van der Waals surface area contributed by atoms with Gasteiger partial charge in [-0.25, -0.2) is 14.8 Å². The molecule has 4 rings (SSSR count). The van der Waals surface area contributed by atoms with Gasteiger partial charge in [-0.3, -0.25) is 0 Å². The molecule has 0 aliphatic rings. The summed E-state index contributed by atoms with van der Waals surface area (Å²) in [7, 11) is 3.13. The highest BCUT2D eigenvalue weighted by molar-refractivity contribution is 5.95. The van der Waals surface area contributed by atoms with Gasteiger partial charge < -0.3 is 34.3 Å². The Kier molecular flexibility index (Phi) is 11.2. The van der Waals surface area contributed by atoms with Crippen LogP contribution in [0.3, 0.4) is 0 Å². The number of carboxylic acid groups (broad SMARTS) is 1. The lowest BCUT2D eigenvalue weighted by atomic mass is 10.1. The normalized spacial score (nSPS) is 11.2. The van der Waals surface area contributed by atoms with Gasteiger partial charge in [0, 0.05) is 29.6 Å². The number of nitrogens with zero attached hydrogens (tertiary/aromatic N) is 3. The zero-order valence-electron chi connectivity index (χ0n) is 25.0. The van der Waals surface area contributed by atoms with Gasteiger partial charge in [-0.2, -0.15) is 0 Å². The van der Waals surface area contributed by atoms with Crippen LogP contribution in [-0.2, 0) is 11.4 Å². The summed E-state index contributed by atoms with van der Waals surface area (Å²) in [6, 6.07) is 17.0. The third-order valence-corrected chi connectivity index (χ3v) is 6.94. The molecule has 226 valence electrons. The molecule has 0 aliphatic heterocycles. The van der Waals surface area contributed by atoms with Gasteiger partial charge in [-0.1, -0.05) is 44.2 Å². The second-order valence-electron chi connectivity index (χ2n) is 9.60. The highest BCUT2D eigenvalue weighted by atomic mass is 16.5. The second kappa shape index (κ2) is 15.4. The number of aromatic nitrogens is 2. The van der Waals surface area contributed by atoms with Gasteiger partial charge in [0.2, 0.25) is 0 Å². The van der Waals surface area contributed by atoms with Gasteiger partial charge in [0.05, 0.1) is 32.0 Å². The number of hydrogen-bond acceptors (Lipinski definition) is 9. The fraction of sp³-hybridized carbons (Fsp3) is 0.303. The maximum Gasteiger partial charge on any atom is 0.328 e. The smallest absolute Gasteiger partial charge is 0.328 e. The third kappa shape index (κ3) is 8.14. The summed E-state index contributed by atoms with van der Waals surface area (Å²) in [5.74, 6) is 1.43. The van der Waals surface area contributed by atoms with Crippen LogP contribution in [0.4, 0.5) is 11.5 Å². The van der Waals surface area contributed by atoms with E-state index in [1.54, 1.807) is 19.2 Å². The molecule has 3 aromatic carbocycles. The van der Waals surface area contributed by atoms with Crippen molar-refractivity contribution < 1.29 is 28.8 Å². The second-order valence-corrected chi connectivity index (χ2v) is 9.60. The van der Waals surface area contributed by atoms with E-state index in [0.29, 0.717) is 64.2 Å². The number of carbonyl (C=O) groups is 1. The van der Waals surface area contributed by atoms with Crippen LogP contribution in [0.15, 0.2) is 67.0 Å². The Bertz CT molecular complexity index is 1540. The van der Waals surface area contributed by atoms with Crippen molar-refractivity contribution in [1.82, 2.24) is 14.9 Å². The Morgan fingerprint density at radius 1 is 0.953 bits per heavy atom. The molecular formula is C33H38N4O6. The molecule has 0 atom stereocenters. The predicted octanol–water partition coefficient (Wildman–Crippen LogP) is 6.18. The van der Waals surface area contributed by atoms with Crippen LogP contribution in [0.2, 0.25) is 0 Å². The number of benzene rings is 3. The molecule has 0 radical (unpaired) electrons. The van der Waals surface area contributed by atoms with E-state index in [2.05, 4.69) is 34.0 Å². The molecule has 0 spiro atoms. The van der Waals surface area contributed by atoms with Crippen LogP contribution in [-0.4, -0.2) is 66.4 Å². The summed E-state index contributed by atoms with van der Waals surface area (Å²) < 4.78 is 23.7. The Morgan fingerprint density at radius 3 is 2.44 bits per heavy atom. The van der Waals surface area contributed by atoms with Crippen molar-refractivity contribution >= 4 is 34.5 Å². The quantitative estimate of drug-likeness (QED) is 0.117. The van der Waals surface area contributed by atoms with E-state index in [-0.39, 0.29) is 0 Å². The highest BCUT2D eigenvalue weighted by Gasteiger charge is 2.18. The van der Waals surface area contributed by atoms with Crippen LogP contribution >= 0.6 is 0 Å². The predicted molar refractivity (Wildman–Crippen MR) is 168 cm³/mol. The van der Waals surface area contributed by atoms with Crippen molar-refractivity contribution in [3.05, 3.63) is 78.1 Å². The molecule has 0 fully saturated rings. The van der Waals surface area contributed by atoms with Gasteiger partial charge >= 0.3 is 5.97 Å². The van der Waals surface area contributed by atoms with Crippen molar-refractivity contribution in [2.75, 3.05) is 45.8 Å². The third-order valence-electron chi connectivity index (χ3n) is 6.94. The van der Waals surface area contributed by atoms with E-state index < -0.39 is 5.97 Å². The maximum atomic E-state index is 11.4. The number of ether oxygens (including phenoxy) is 4. The van der Waals surface area contributed by atoms with Crippen LogP contribution < -0.4 is 24.3 Å². The first kappa shape index (κ1) is 31.1. The number of methoxy groups -OCH3 is 2. The Labute approximate surface area is 251 Å². The fourth-order valence-electron chi connectivity index (χ4n) is 4.62. The number of carboxylic acids is 1. The van der Waals surface area contributed by atoms with E-state index in [9.17, 15) is 9.90 Å². The summed E-state index contributed by atoms with van der Waals surface area (Å²) >= 11 is 0. The molecule has 43 heavy (non-hydrogen) atoms. The van der Waals surface area contributed by atoms with Crippen molar-refractivity contribution in [2.45, 2.75) is 26.9 Å². The molecular weight excluding hydrogens is 548 g/mol. The number of anilines is 2. The number of hydrogen-bond donors (Lipinski definition) is 2. The molecule has 0 saturated heterocycles. The lowest BCUT2D eigenvalue weighted by Crippen LogP contribution is -2.25. The van der Waals surface area contributed by atoms with E-state index in [0.717, 1.165) is 37.7 Å². The molecule has 0 bridgehead atoms. The van der Waals surface area contributed by atoms with Crippen LogP contribution in [0.25, 0.3) is 17.0 Å². The van der Waals surface area contributed by atoms with Crippen molar-refractivity contribution in [3.63, 3.8) is 0 Å². The molecule has 1 aromatic heterocycles. The number of aliphatic carboxylic acids is 1. The lowest BCUT2D eigenvalue weighted by molar-refractivity contribution is -0.131. The number of rotatable bonds is 16. The monoisotopic (exact) mass is 586 g/mol. The van der Waals surface area contributed by atoms with E-state index in [1.165, 1.54) is 19.5 Å². The average Bonchev–Trinajstić information content (AvgIpc) is 3.03. The SMILES string of the molecule is CCN(CC)CCCOc1cc2c(Nc3c(/C=C/C(=O)O)ccc(OCc4ccccc4)c3OC)ncnc2cc1OC. The summed E-state index contributed by atoms with van der Waals surface area (Å²) in [5, 5.41) is 13.3. The highest BCUT2D eigenvalue weighted by Crippen LogP contribution is 2.42. The average molecular weight is 587 g/mol. The Morgan fingerprint density at radius 2 is 1.74 bits per heavy atom. The maximum absolute atomic E-state index is 11.4. The van der Waals surface area contributed by atoms with Crippen molar-refractivity contribution in [3.8, 4) is 23.0 Å². The summed E-state index contributed by atoms with van der Waals surface area (Å²) in [6.45, 7) is 8.07. The molecule has 0 unspecified atom stereocenters. The molecule has 4 aromatic rings. The number of nitrogens with one attached hydrogen (secondary N) is 1. The molecule has 0 aliphatic carbocycles. The minimum Gasteiger partial charge on any atom is -0.493 e. The Hall–Kier alpha value is -4.83. The van der Waals surface area contributed by atoms with Gasteiger partial charge in [0.1, 0.15) is 18.8 Å². The van der Waals surface area contributed by atoms with E-state index in [1.807, 2.05) is 42.5 Å². The molecule has 0 amide bonds. The first-order chi connectivity index (χ1) is 21.0. The molecule has 10 nitrogen and oxygen atoms in total.